The number of benzene rings is 2. The lowest BCUT2D eigenvalue weighted by molar-refractivity contribution is 0.414. The third-order valence-corrected chi connectivity index (χ3v) is 3.91. The van der Waals surface area contributed by atoms with Crippen LogP contribution in [0.15, 0.2) is 61.3 Å². The van der Waals surface area contributed by atoms with Crippen LogP contribution in [-0.4, -0.2) is 12.1 Å². The number of allylic oxidation sites excluding steroid dienone is 1. The summed E-state index contributed by atoms with van der Waals surface area (Å²) in [5.74, 6) is 1.04. The van der Waals surface area contributed by atoms with Gasteiger partial charge in [0.05, 0.1) is 7.11 Å². The Morgan fingerprint density at radius 3 is 2.57 bits per heavy atom. The van der Waals surface area contributed by atoms with Gasteiger partial charge < -0.3 is 9.72 Å². The van der Waals surface area contributed by atoms with E-state index in [1.165, 1.54) is 22.1 Å². The van der Waals surface area contributed by atoms with E-state index in [-0.39, 0.29) is 5.92 Å². The maximum Gasteiger partial charge on any atom is 0.118 e. The van der Waals surface area contributed by atoms with Gasteiger partial charge >= 0.3 is 0 Å². The van der Waals surface area contributed by atoms with E-state index in [4.69, 9.17) is 4.74 Å². The Morgan fingerprint density at radius 2 is 1.90 bits per heavy atom. The first-order valence-corrected chi connectivity index (χ1v) is 7.07. The van der Waals surface area contributed by atoms with Crippen LogP contribution in [-0.2, 0) is 0 Å². The molecule has 0 radical (unpaired) electrons. The summed E-state index contributed by atoms with van der Waals surface area (Å²) >= 11 is 0. The van der Waals surface area contributed by atoms with E-state index in [9.17, 15) is 0 Å². The molecule has 1 heterocycles. The SMILES string of the molecule is C=CC(c1ccc(OC)cc1)c1c[nH]c2ccc(C)cc12. The quantitative estimate of drug-likeness (QED) is 0.681. The zero-order valence-corrected chi connectivity index (χ0v) is 12.4. The summed E-state index contributed by atoms with van der Waals surface area (Å²) in [6, 6.07) is 14.7. The monoisotopic (exact) mass is 277 g/mol. The molecule has 0 fully saturated rings. The molecule has 1 aromatic heterocycles. The minimum absolute atomic E-state index is 0.173. The highest BCUT2D eigenvalue weighted by Crippen LogP contribution is 2.32. The highest BCUT2D eigenvalue weighted by atomic mass is 16.5. The van der Waals surface area contributed by atoms with Gasteiger partial charge in [-0.05, 0) is 42.3 Å². The van der Waals surface area contributed by atoms with Crippen LogP contribution in [0.5, 0.6) is 5.75 Å². The first-order chi connectivity index (χ1) is 10.2. The van der Waals surface area contributed by atoms with Gasteiger partial charge in [0, 0.05) is 23.0 Å². The molecular formula is C19H19NO. The van der Waals surface area contributed by atoms with Crippen molar-refractivity contribution in [2.45, 2.75) is 12.8 Å². The van der Waals surface area contributed by atoms with E-state index in [1.54, 1.807) is 7.11 Å². The smallest absolute Gasteiger partial charge is 0.118 e. The van der Waals surface area contributed by atoms with Crippen LogP contribution < -0.4 is 4.74 Å². The Bertz CT molecular complexity index is 768. The van der Waals surface area contributed by atoms with Crippen molar-refractivity contribution in [3.63, 3.8) is 0 Å². The Morgan fingerprint density at radius 1 is 1.14 bits per heavy atom. The number of hydrogen-bond acceptors (Lipinski definition) is 1. The van der Waals surface area contributed by atoms with Crippen molar-refractivity contribution in [2.24, 2.45) is 0 Å². The van der Waals surface area contributed by atoms with Crippen LogP contribution in [0.25, 0.3) is 10.9 Å². The molecular weight excluding hydrogens is 258 g/mol. The van der Waals surface area contributed by atoms with Gasteiger partial charge in [-0.15, -0.1) is 6.58 Å². The van der Waals surface area contributed by atoms with E-state index in [1.807, 2.05) is 18.2 Å². The van der Waals surface area contributed by atoms with E-state index in [2.05, 4.69) is 55.0 Å². The van der Waals surface area contributed by atoms with E-state index in [0.717, 1.165) is 11.3 Å². The Balaban J connectivity index is 2.08. The van der Waals surface area contributed by atoms with Crippen molar-refractivity contribution in [3.8, 4) is 5.75 Å². The normalized spacial score (nSPS) is 12.3. The molecule has 1 unspecified atom stereocenters. The largest absolute Gasteiger partial charge is 0.497 e. The Kier molecular flexibility index (Phi) is 3.53. The summed E-state index contributed by atoms with van der Waals surface area (Å²) in [5.41, 5.74) is 4.90. The molecule has 3 aromatic rings. The number of ether oxygens (including phenoxy) is 1. The molecule has 0 aliphatic heterocycles. The minimum atomic E-state index is 0.173. The van der Waals surface area contributed by atoms with E-state index in [0.29, 0.717) is 0 Å². The first kappa shape index (κ1) is 13.5. The average molecular weight is 277 g/mol. The summed E-state index contributed by atoms with van der Waals surface area (Å²) in [6.45, 7) is 6.14. The Hall–Kier alpha value is -2.48. The van der Waals surface area contributed by atoms with Crippen molar-refractivity contribution in [2.75, 3.05) is 7.11 Å². The fourth-order valence-corrected chi connectivity index (χ4v) is 2.77. The molecule has 0 amide bonds. The van der Waals surface area contributed by atoms with Crippen LogP contribution in [0.1, 0.15) is 22.6 Å². The number of H-pyrrole nitrogens is 1. The maximum absolute atomic E-state index is 5.23. The Labute approximate surface area is 125 Å². The van der Waals surface area contributed by atoms with Crippen LogP contribution in [0, 0.1) is 6.92 Å². The summed E-state index contributed by atoms with van der Waals surface area (Å²) in [5, 5.41) is 1.26. The molecule has 0 aliphatic carbocycles. The summed E-state index contributed by atoms with van der Waals surface area (Å²) in [7, 11) is 1.68. The van der Waals surface area contributed by atoms with Gasteiger partial charge in [-0.1, -0.05) is 29.8 Å². The molecule has 2 nitrogen and oxygen atoms in total. The lowest BCUT2D eigenvalue weighted by Gasteiger charge is -2.13. The molecule has 0 saturated heterocycles. The third kappa shape index (κ3) is 2.45. The molecule has 1 atom stereocenters. The van der Waals surface area contributed by atoms with Crippen LogP contribution >= 0.6 is 0 Å². The number of aromatic amines is 1. The van der Waals surface area contributed by atoms with Crippen molar-refractivity contribution >= 4 is 10.9 Å². The second-order valence-corrected chi connectivity index (χ2v) is 5.28. The minimum Gasteiger partial charge on any atom is -0.497 e. The zero-order chi connectivity index (χ0) is 14.8. The van der Waals surface area contributed by atoms with Gasteiger partial charge in [0.1, 0.15) is 5.75 Å². The summed E-state index contributed by atoms with van der Waals surface area (Å²) in [6.07, 6.45) is 4.08. The fourth-order valence-electron chi connectivity index (χ4n) is 2.77. The molecule has 0 aliphatic rings. The standard InChI is InChI=1S/C19H19NO/c1-4-16(14-6-8-15(21-3)9-7-14)18-12-20-19-10-5-13(2)11-17(18)19/h4-12,16,20H,1H2,2-3H3. The van der Waals surface area contributed by atoms with Crippen LogP contribution in [0.4, 0.5) is 0 Å². The van der Waals surface area contributed by atoms with Crippen molar-refractivity contribution in [1.82, 2.24) is 4.98 Å². The van der Waals surface area contributed by atoms with Gasteiger partial charge in [-0.3, -0.25) is 0 Å². The van der Waals surface area contributed by atoms with Gasteiger partial charge in [0.25, 0.3) is 0 Å². The molecule has 2 heteroatoms. The van der Waals surface area contributed by atoms with Gasteiger partial charge in [-0.2, -0.15) is 0 Å². The second kappa shape index (κ2) is 5.49. The molecule has 2 aromatic carbocycles. The third-order valence-electron chi connectivity index (χ3n) is 3.91. The summed E-state index contributed by atoms with van der Waals surface area (Å²) in [4.78, 5) is 3.35. The predicted octanol–water partition coefficient (Wildman–Crippen LogP) is 4.80. The topological polar surface area (TPSA) is 25.0 Å². The first-order valence-electron chi connectivity index (χ1n) is 7.07. The number of nitrogens with one attached hydrogen (secondary N) is 1. The molecule has 3 rings (SSSR count). The number of aromatic nitrogens is 1. The second-order valence-electron chi connectivity index (χ2n) is 5.28. The maximum atomic E-state index is 5.23. The van der Waals surface area contributed by atoms with Gasteiger partial charge in [0.15, 0.2) is 0 Å². The van der Waals surface area contributed by atoms with Crippen molar-refractivity contribution in [3.05, 3.63) is 78.0 Å². The molecule has 0 bridgehead atoms. The van der Waals surface area contributed by atoms with Gasteiger partial charge in [-0.25, -0.2) is 0 Å². The number of fused-ring (bicyclic) bond motifs is 1. The molecule has 1 N–H and O–H groups in total. The fraction of sp³-hybridized carbons (Fsp3) is 0.158. The molecule has 106 valence electrons. The molecule has 0 saturated carbocycles. The lowest BCUT2D eigenvalue weighted by atomic mass is 9.91. The molecule has 21 heavy (non-hydrogen) atoms. The van der Waals surface area contributed by atoms with Crippen LogP contribution in [0.3, 0.4) is 0 Å². The zero-order valence-electron chi connectivity index (χ0n) is 12.4. The average Bonchev–Trinajstić information content (AvgIpc) is 2.92. The van der Waals surface area contributed by atoms with Crippen molar-refractivity contribution < 1.29 is 4.74 Å². The lowest BCUT2D eigenvalue weighted by Crippen LogP contribution is -1.96. The highest BCUT2D eigenvalue weighted by molar-refractivity contribution is 5.85. The summed E-state index contributed by atoms with van der Waals surface area (Å²) < 4.78 is 5.23. The van der Waals surface area contributed by atoms with Gasteiger partial charge in [0.2, 0.25) is 0 Å². The number of rotatable bonds is 4. The number of aryl methyl sites for hydroxylation is 1. The highest BCUT2D eigenvalue weighted by Gasteiger charge is 2.15. The predicted molar refractivity (Wildman–Crippen MR) is 88.1 cm³/mol. The number of hydrogen-bond donors (Lipinski definition) is 1. The molecule has 0 spiro atoms. The van der Waals surface area contributed by atoms with E-state index < -0.39 is 0 Å². The van der Waals surface area contributed by atoms with Crippen molar-refractivity contribution in [1.29, 1.82) is 0 Å². The number of methoxy groups -OCH3 is 1. The van der Waals surface area contributed by atoms with Crippen LogP contribution in [0.2, 0.25) is 0 Å². The van der Waals surface area contributed by atoms with E-state index >= 15 is 0 Å².